The zero-order valence-corrected chi connectivity index (χ0v) is 12.6. The number of hydrogen-bond donors (Lipinski definition) is 1. The van der Waals surface area contributed by atoms with Crippen LogP contribution in [0.2, 0.25) is 0 Å². The van der Waals surface area contributed by atoms with Crippen molar-refractivity contribution in [3.63, 3.8) is 0 Å². The monoisotopic (exact) mass is 317 g/mol. The van der Waals surface area contributed by atoms with Crippen molar-refractivity contribution in [1.29, 1.82) is 0 Å². The number of carbonyl (C=O) groups is 1. The summed E-state index contributed by atoms with van der Waals surface area (Å²) in [5.74, 6) is -0.0476. The third-order valence-corrected chi connectivity index (χ3v) is 3.61. The molecule has 0 radical (unpaired) electrons. The van der Waals surface area contributed by atoms with Crippen LogP contribution in [-0.4, -0.2) is 17.3 Å². The van der Waals surface area contributed by atoms with Gasteiger partial charge in [-0.05, 0) is 44.9 Å². The molecule has 0 aromatic heterocycles. The van der Waals surface area contributed by atoms with Gasteiger partial charge in [0.1, 0.15) is 0 Å². The molecule has 0 heterocycles. The van der Waals surface area contributed by atoms with Crippen LogP contribution in [0.5, 0.6) is 0 Å². The van der Waals surface area contributed by atoms with Crippen LogP contribution in [-0.2, 0) is 0 Å². The quantitative estimate of drug-likeness (QED) is 0.838. The predicted octanol–water partition coefficient (Wildman–Crippen LogP) is 3.89. The summed E-state index contributed by atoms with van der Waals surface area (Å²) in [5.41, 5.74) is 1.66. The number of amides is 1. The van der Waals surface area contributed by atoms with Crippen LogP contribution < -0.4 is 5.32 Å². The fraction of sp³-hybridized carbons (Fsp3) is 0.462. The molecule has 0 aliphatic heterocycles. The van der Waals surface area contributed by atoms with Gasteiger partial charge in [0.2, 0.25) is 0 Å². The first-order valence-electron chi connectivity index (χ1n) is 5.62. The normalized spacial score (nSPS) is 14.2. The average Bonchev–Trinajstić information content (AvgIpc) is 2.20. The molecule has 1 N–H and O–H groups in total. The molecular formula is C13H17BrClNO. The van der Waals surface area contributed by atoms with Crippen LogP contribution in [0.4, 0.5) is 0 Å². The van der Waals surface area contributed by atoms with Gasteiger partial charge >= 0.3 is 0 Å². The van der Waals surface area contributed by atoms with Crippen molar-refractivity contribution in [3.05, 3.63) is 33.8 Å². The fourth-order valence-electron chi connectivity index (χ4n) is 1.70. The Morgan fingerprint density at radius 3 is 2.71 bits per heavy atom. The summed E-state index contributed by atoms with van der Waals surface area (Å²) in [7, 11) is 0. The standard InChI is InChI=1S/C13H17BrClNO/c1-8(15)7-9(2)16-13(17)11-5-4-6-12(14)10(11)3/h4-6,8-9H,7H2,1-3H3,(H,16,17). The summed E-state index contributed by atoms with van der Waals surface area (Å²) < 4.78 is 0.948. The van der Waals surface area contributed by atoms with Gasteiger partial charge in [0, 0.05) is 21.5 Å². The number of nitrogens with one attached hydrogen (secondary N) is 1. The minimum Gasteiger partial charge on any atom is -0.350 e. The van der Waals surface area contributed by atoms with Gasteiger partial charge in [-0.25, -0.2) is 0 Å². The lowest BCUT2D eigenvalue weighted by molar-refractivity contribution is 0.0938. The average molecular weight is 319 g/mol. The van der Waals surface area contributed by atoms with E-state index in [-0.39, 0.29) is 17.3 Å². The third-order valence-electron chi connectivity index (χ3n) is 2.57. The highest BCUT2D eigenvalue weighted by atomic mass is 79.9. The van der Waals surface area contributed by atoms with E-state index in [1.54, 1.807) is 0 Å². The molecule has 17 heavy (non-hydrogen) atoms. The van der Waals surface area contributed by atoms with Gasteiger partial charge in [-0.1, -0.05) is 22.0 Å². The Labute approximate surface area is 116 Å². The molecule has 0 aliphatic rings. The molecule has 0 saturated carbocycles. The molecule has 2 unspecified atom stereocenters. The Balaban J connectivity index is 2.73. The van der Waals surface area contributed by atoms with E-state index in [2.05, 4.69) is 21.2 Å². The van der Waals surface area contributed by atoms with E-state index < -0.39 is 0 Å². The van der Waals surface area contributed by atoms with Gasteiger partial charge < -0.3 is 5.32 Å². The Morgan fingerprint density at radius 2 is 2.12 bits per heavy atom. The van der Waals surface area contributed by atoms with Crippen molar-refractivity contribution in [2.45, 2.75) is 38.6 Å². The number of hydrogen-bond acceptors (Lipinski definition) is 1. The molecule has 2 atom stereocenters. The SMILES string of the molecule is Cc1c(Br)cccc1C(=O)NC(C)CC(C)Cl. The largest absolute Gasteiger partial charge is 0.350 e. The fourth-order valence-corrected chi connectivity index (χ4v) is 2.33. The molecule has 0 bridgehead atoms. The second kappa shape index (κ2) is 6.41. The Bertz CT molecular complexity index is 406. The molecule has 4 heteroatoms. The van der Waals surface area contributed by atoms with Crippen LogP contribution in [0.3, 0.4) is 0 Å². The minimum atomic E-state index is -0.0476. The molecule has 94 valence electrons. The lowest BCUT2D eigenvalue weighted by Gasteiger charge is -2.16. The van der Waals surface area contributed by atoms with Gasteiger partial charge in [0.05, 0.1) is 0 Å². The van der Waals surface area contributed by atoms with Crippen LogP contribution in [0, 0.1) is 6.92 Å². The van der Waals surface area contributed by atoms with Gasteiger partial charge in [-0.3, -0.25) is 4.79 Å². The highest BCUT2D eigenvalue weighted by molar-refractivity contribution is 9.10. The second-order valence-electron chi connectivity index (χ2n) is 4.30. The maximum atomic E-state index is 12.0. The molecule has 1 aromatic carbocycles. The molecule has 0 fully saturated rings. The van der Waals surface area contributed by atoms with Crippen LogP contribution in [0.1, 0.15) is 36.2 Å². The number of carbonyl (C=O) groups excluding carboxylic acids is 1. The van der Waals surface area contributed by atoms with Gasteiger partial charge in [0.25, 0.3) is 5.91 Å². The third kappa shape index (κ3) is 4.32. The van der Waals surface area contributed by atoms with Crippen LogP contribution in [0.25, 0.3) is 0 Å². The van der Waals surface area contributed by atoms with Gasteiger partial charge in [-0.2, -0.15) is 0 Å². The molecule has 2 nitrogen and oxygen atoms in total. The molecule has 0 spiro atoms. The molecule has 1 aromatic rings. The van der Waals surface area contributed by atoms with E-state index in [9.17, 15) is 4.79 Å². The summed E-state index contributed by atoms with van der Waals surface area (Å²) in [6, 6.07) is 5.69. The van der Waals surface area contributed by atoms with E-state index >= 15 is 0 Å². The predicted molar refractivity (Wildman–Crippen MR) is 75.7 cm³/mol. The summed E-state index contributed by atoms with van der Waals surface area (Å²) in [6.45, 7) is 5.81. The summed E-state index contributed by atoms with van der Waals surface area (Å²) in [5, 5.41) is 3.02. The van der Waals surface area contributed by atoms with Crippen molar-refractivity contribution in [1.82, 2.24) is 5.32 Å². The zero-order chi connectivity index (χ0) is 13.0. The second-order valence-corrected chi connectivity index (χ2v) is 5.90. The lowest BCUT2D eigenvalue weighted by atomic mass is 10.1. The highest BCUT2D eigenvalue weighted by Crippen LogP contribution is 2.19. The summed E-state index contributed by atoms with van der Waals surface area (Å²) >= 11 is 9.32. The smallest absolute Gasteiger partial charge is 0.251 e. The van der Waals surface area contributed by atoms with Gasteiger partial charge in [-0.15, -0.1) is 11.6 Å². The van der Waals surface area contributed by atoms with E-state index in [1.807, 2.05) is 39.0 Å². The van der Waals surface area contributed by atoms with Crippen LogP contribution in [0.15, 0.2) is 22.7 Å². The molecule has 0 aliphatic carbocycles. The first kappa shape index (κ1) is 14.5. The Hall–Kier alpha value is -0.540. The number of alkyl halides is 1. The highest BCUT2D eigenvalue weighted by Gasteiger charge is 2.14. The van der Waals surface area contributed by atoms with E-state index in [0.29, 0.717) is 5.56 Å². The zero-order valence-electron chi connectivity index (χ0n) is 10.3. The molecule has 1 rings (SSSR count). The lowest BCUT2D eigenvalue weighted by Crippen LogP contribution is -2.34. The van der Waals surface area contributed by atoms with E-state index in [0.717, 1.165) is 16.5 Å². The van der Waals surface area contributed by atoms with Crippen molar-refractivity contribution in [3.8, 4) is 0 Å². The maximum absolute atomic E-state index is 12.0. The maximum Gasteiger partial charge on any atom is 0.251 e. The molecule has 1 amide bonds. The Kier molecular flexibility index (Phi) is 5.47. The first-order valence-corrected chi connectivity index (χ1v) is 6.84. The van der Waals surface area contributed by atoms with Crippen molar-refractivity contribution < 1.29 is 4.79 Å². The number of benzene rings is 1. The Morgan fingerprint density at radius 1 is 1.47 bits per heavy atom. The van der Waals surface area contributed by atoms with Crippen molar-refractivity contribution >= 4 is 33.4 Å². The van der Waals surface area contributed by atoms with Gasteiger partial charge in [0.15, 0.2) is 0 Å². The topological polar surface area (TPSA) is 29.1 Å². The summed E-state index contributed by atoms with van der Waals surface area (Å²) in [4.78, 5) is 12.0. The molecule has 0 saturated heterocycles. The number of rotatable bonds is 4. The number of halogens is 2. The molecular weight excluding hydrogens is 302 g/mol. The first-order chi connectivity index (χ1) is 7.91. The van der Waals surface area contributed by atoms with E-state index in [4.69, 9.17) is 11.6 Å². The van der Waals surface area contributed by atoms with Crippen molar-refractivity contribution in [2.75, 3.05) is 0 Å². The van der Waals surface area contributed by atoms with Crippen LogP contribution >= 0.6 is 27.5 Å². The van der Waals surface area contributed by atoms with Crippen molar-refractivity contribution in [2.24, 2.45) is 0 Å². The minimum absolute atomic E-state index is 0.0476. The van der Waals surface area contributed by atoms with E-state index in [1.165, 1.54) is 0 Å². The summed E-state index contributed by atoms with van der Waals surface area (Å²) in [6.07, 6.45) is 0.764.